The van der Waals surface area contributed by atoms with Crippen LogP contribution in [0.4, 0.5) is 0 Å². The molecule has 0 aliphatic rings. The Labute approximate surface area is 127 Å². The number of aromatic nitrogens is 2. The number of thioether (sulfide) groups is 1. The van der Waals surface area contributed by atoms with Gasteiger partial charge >= 0.3 is 0 Å². The van der Waals surface area contributed by atoms with E-state index in [9.17, 15) is 4.79 Å². The first-order valence-electron chi connectivity index (χ1n) is 6.60. The first-order chi connectivity index (χ1) is 10.3. The number of carbonyl (C=O) groups excluding carboxylic acids is 1. The lowest BCUT2D eigenvalue weighted by Gasteiger charge is -2.06. The van der Waals surface area contributed by atoms with Gasteiger partial charge in [-0.05, 0) is 42.2 Å². The number of fused-ring (bicyclic) bond motifs is 1. The van der Waals surface area contributed by atoms with Gasteiger partial charge in [-0.3, -0.25) is 4.79 Å². The maximum atomic E-state index is 12.2. The van der Waals surface area contributed by atoms with Crippen molar-refractivity contribution in [1.29, 1.82) is 0 Å². The summed E-state index contributed by atoms with van der Waals surface area (Å²) in [5.41, 5.74) is 3.45. The van der Waals surface area contributed by atoms with E-state index in [-0.39, 0.29) is 5.91 Å². The van der Waals surface area contributed by atoms with Crippen LogP contribution in [0.25, 0.3) is 11.0 Å². The van der Waals surface area contributed by atoms with Crippen LogP contribution in [0, 0.1) is 0 Å². The molecule has 2 aromatic carbocycles. The Morgan fingerprint density at radius 1 is 1.24 bits per heavy atom. The number of rotatable bonds is 4. The number of amides is 1. The standard InChI is InChI=1S/C16H15N3OS/c1-21-13-5-2-11(3-6-13)9-17-16(20)12-4-7-14-15(8-12)19-10-18-14/h2-8,10H,9H2,1H3,(H,17,20)(H,18,19). The molecule has 0 aliphatic carbocycles. The molecular weight excluding hydrogens is 282 g/mol. The molecule has 3 rings (SSSR count). The predicted octanol–water partition coefficient (Wildman–Crippen LogP) is 3.21. The molecule has 21 heavy (non-hydrogen) atoms. The first kappa shape index (κ1) is 13.7. The number of aromatic amines is 1. The van der Waals surface area contributed by atoms with Gasteiger partial charge in [-0.15, -0.1) is 11.8 Å². The van der Waals surface area contributed by atoms with Gasteiger partial charge in [0.15, 0.2) is 0 Å². The smallest absolute Gasteiger partial charge is 0.251 e. The third kappa shape index (κ3) is 3.08. The van der Waals surface area contributed by atoms with Crippen LogP contribution in [0.1, 0.15) is 15.9 Å². The maximum Gasteiger partial charge on any atom is 0.251 e. The van der Waals surface area contributed by atoms with Crippen molar-refractivity contribution >= 4 is 28.7 Å². The lowest BCUT2D eigenvalue weighted by Crippen LogP contribution is -2.22. The zero-order chi connectivity index (χ0) is 14.7. The summed E-state index contributed by atoms with van der Waals surface area (Å²) in [5.74, 6) is -0.0829. The molecule has 3 aromatic rings. The second-order valence-electron chi connectivity index (χ2n) is 4.67. The number of carbonyl (C=O) groups is 1. The third-order valence-corrected chi connectivity index (χ3v) is 4.04. The molecule has 106 valence electrons. The van der Waals surface area contributed by atoms with Crippen molar-refractivity contribution in [3.63, 3.8) is 0 Å². The number of imidazole rings is 1. The summed E-state index contributed by atoms with van der Waals surface area (Å²) in [5, 5.41) is 2.93. The predicted molar refractivity (Wildman–Crippen MR) is 85.5 cm³/mol. The van der Waals surface area contributed by atoms with Crippen LogP contribution >= 0.6 is 11.8 Å². The number of H-pyrrole nitrogens is 1. The quantitative estimate of drug-likeness (QED) is 0.727. The molecule has 1 heterocycles. The molecule has 0 spiro atoms. The second-order valence-corrected chi connectivity index (χ2v) is 5.54. The number of hydrogen-bond donors (Lipinski definition) is 2. The molecule has 0 saturated carbocycles. The minimum atomic E-state index is -0.0829. The van der Waals surface area contributed by atoms with Gasteiger partial charge in [0, 0.05) is 17.0 Å². The average molecular weight is 297 g/mol. The Hall–Kier alpha value is -2.27. The normalized spacial score (nSPS) is 10.7. The summed E-state index contributed by atoms with van der Waals surface area (Å²) in [4.78, 5) is 20.5. The molecule has 2 N–H and O–H groups in total. The highest BCUT2D eigenvalue weighted by Gasteiger charge is 2.07. The van der Waals surface area contributed by atoms with Gasteiger partial charge in [0.1, 0.15) is 0 Å². The van der Waals surface area contributed by atoms with Crippen molar-refractivity contribution in [2.75, 3.05) is 6.26 Å². The SMILES string of the molecule is CSc1ccc(CNC(=O)c2ccc3nc[nH]c3c2)cc1. The highest BCUT2D eigenvalue weighted by molar-refractivity contribution is 7.98. The van der Waals surface area contributed by atoms with E-state index in [0.717, 1.165) is 16.6 Å². The first-order valence-corrected chi connectivity index (χ1v) is 7.83. The fourth-order valence-corrected chi connectivity index (χ4v) is 2.51. The van der Waals surface area contributed by atoms with Gasteiger partial charge in [0.2, 0.25) is 0 Å². The van der Waals surface area contributed by atoms with E-state index < -0.39 is 0 Å². The molecule has 4 nitrogen and oxygen atoms in total. The van der Waals surface area contributed by atoms with Gasteiger partial charge in [0.25, 0.3) is 5.91 Å². The molecule has 0 radical (unpaired) electrons. The summed E-state index contributed by atoms with van der Waals surface area (Å²) < 4.78 is 0. The Morgan fingerprint density at radius 3 is 2.81 bits per heavy atom. The minimum Gasteiger partial charge on any atom is -0.348 e. The van der Waals surface area contributed by atoms with Crippen LogP contribution in [0.5, 0.6) is 0 Å². The Morgan fingerprint density at radius 2 is 2.05 bits per heavy atom. The molecule has 0 saturated heterocycles. The Bertz CT molecular complexity index is 765. The van der Waals surface area contributed by atoms with E-state index in [1.807, 2.05) is 30.5 Å². The van der Waals surface area contributed by atoms with E-state index in [1.54, 1.807) is 24.2 Å². The summed E-state index contributed by atoms with van der Waals surface area (Å²) >= 11 is 1.70. The minimum absolute atomic E-state index is 0.0829. The highest BCUT2D eigenvalue weighted by Crippen LogP contribution is 2.15. The largest absolute Gasteiger partial charge is 0.348 e. The maximum absolute atomic E-state index is 12.2. The lowest BCUT2D eigenvalue weighted by molar-refractivity contribution is 0.0951. The number of nitrogens with one attached hydrogen (secondary N) is 2. The second kappa shape index (κ2) is 6.01. The molecule has 0 aliphatic heterocycles. The van der Waals surface area contributed by atoms with E-state index in [2.05, 4.69) is 27.4 Å². The zero-order valence-corrected chi connectivity index (χ0v) is 12.4. The molecule has 0 atom stereocenters. The van der Waals surface area contributed by atoms with Gasteiger partial charge in [-0.25, -0.2) is 4.98 Å². The highest BCUT2D eigenvalue weighted by atomic mass is 32.2. The monoisotopic (exact) mass is 297 g/mol. The number of nitrogens with zero attached hydrogens (tertiary/aromatic N) is 1. The van der Waals surface area contributed by atoms with Crippen molar-refractivity contribution in [2.45, 2.75) is 11.4 Å². The van der Waals surface area contributed by atoms with Crippen molar-refractivity contribution in [3.8, 4) is 0 Å². The molecule has 1 aromatic heterocycles. The number of benzene rings is 2. The molecule has 0 unspecified atom stereocenters. The van der Waals surface area contributed by atoms with Gasteiger partial charge in [0.05, 0.1) is 17.4 Å². The fraction of sp³-hybridized carbons (Fsp3) is 0.125. The fourth-order valence-electron chi connectivity index (χ4n) is 2.10. The van der Waals surface area contributed by atoms with Crippen LogP contribution in [0.2, 0.25) is 0 Å². The van der Waals surface area contributed by atoms with Crippen molar-refractivity contribution < 1.29 is 4.79 Å². The van der Waals surface area contributed by atoms with E-state index in [1.165, 1.54) is 4.90 Å². The van der Waals surface area contributed by atoms with Crippen LogP contribution in [-0.2, 0) is 6.54 Å². The van der Waals surface area contributed by atoms with Crippen molar-refractivity contribution in [3.05, 3.63) is 59.9 Å². The molecule has 0 fully saturated rings. The van der Waals surface area contributed by atoms with E-state index >= 15 is 0 Å². The number of hydrogen-bond acceptors (Lipinski definition) is 3. The topological polar surface area (TPSA) is 57.8 Å². The lowest BCUT2D eigenvalue weighted by atomic mass is 10.1. The summed E-state index contributed by atoms with van der Waals surface area (Å²) in [6.45, 7) is 0.522. The molecule has 0 bridgehead atoms. The zero-order valence-electron chi connectivity index (χ0n) is 11.6. The van der Waals surface area contributed by atoms with Crippen LogP contribution in [0.15, 0.2) is 53.7 Å². The van der Waals surface area contributed by atoms with Gasteiger partial charge in [-0.1, -0.05) is 12.1 Å². The third-order valence-electron chi connectivity index (χ3n) is 3.29. The summed E-state index contributed by atoms with van der Waals surface area (Å²) in [6, 6.07) is 13.6. The Balaban J connectivity index is 1.67. The summed E-state index contributed by atoms with van der Waals surface area (Å²) in [6.07, 6.45) is 3.67. The van der Waals surface area contributed by atoms with E-state index in [0.29, 0.717) is 12.1 Å². The van der Waals surface area contributed by atoms with Crippen LogP contribution in [-0.4, -0.2) is 22.1 Å². The van der Waals surface area contributed by atoms with Gasteiger partial charge in [-0.2, -0.15) is 0 Å². The molecule has 5 heteroatoms. The van der Waals surface area contributed by atoms with Gasteiger partial charge < -0.3 is 10.3 Å². The molecule has 1 amide bonds. The van der Waals surface area contributed by atoms with Crippen molar-refractivity contribution in [2.24, 2.45) is 0 Å². The molecular formula is C16H15N3OS. The van der Waals surface area contributed by atoms with Crippen LogP contribution in [0.3, 0.4) is 0 Å². The summed E-state index contributed by atoms with van der Waals surface area (Å²) in [7, 11) is 0. The Kier molecular flexibility index (Phi) is 3.92. The average Bonchev–Trinajstić information content (AvgIpc) is 3.00. The van der Waals surface area contributed by atoms with E-state index in [4.69, 9.17) is 0 Å². The van der Waals surface area contributed by atoms with Crippen molar-refractivity contribution in [1.82, 2.24) is 15.3 Å². The van der Waals surface area contributed by atoms with Crippen LogP contribution < -0.4 is 5.32 Å².